The number of hydrogen-bond donors (Lipinski definition) is 1. The topological polar surface area (TPSA) is 43.8 Å². The van der Waals surface area contributed by atoms with Crippen LogP contribution < -0.4 is 5.73 Å². The highest BCUT2D eigenvalue weighted by Crippen LogP contribution is 2.22. The van der Waals surface area contributed by atoms with E-state index >= 15 is 0 Å². The van der Waals surface area contributed by atoms with E-state index in [-0.39, 0.29) is 6.04 Å². The Morgan fingerprint density at radius 2 is 1.95 bits per heavy atom. The summed E-state index contributed by atoms with van der Waals surface area (Å²) in [6, 6.07) is 10.3. The lowest BCUT2D eigenvalue weighted by molar-refractivity contribution is 0.612. The van der Waals surface area contributed by atoms with E-state index in [4.69, 9.17) is 17.3 Å². The monoisotopic (exact) mass is 277 g/mol. The summed E-state index contributed by atoms with van der Waals surface area (Å²) in [6.45, 7) is 2.06. The second kappa shape index (κ2) is 6.22. The average molecular weight is 278 g/mol. The van der Waals surface area contributed by atoms with Gasteiger partial charge in [0.25, 0.3) is 0 Å². The van der Waals surface area contributed by atoms with Crippen molar-refractivity contribution in [3.63, 3.8) is 0 Å². The van der Waals surface area contributed by atoms with Gasteiger partial charge in [0.15, 0.2) is 0 Å². The summed E-state index contributed by atoms with van der Waals surface area (Å²) >= 11 is 6.34. The van der Waals surface area contributed by atoms with E-state index in [1.54, 1.807) is 0 Å². The molecule has 0 fully saturated rings. The number of nitrogens with zero attached hydrogens (tertiary/aromatic N) is 2. The summed E-state index contributed by atoms with van der Waals surface area (Å²) in [4.78, 5) is 0. The van der Waals surface area contributed by atoms with Crippen LogP contribution >= 0.6 is 11.6 Å². The number of nitrogens with two attached hydrogens (primary N) is 1. The fourth-order valence-electron chi connectivity index (χ4n) is 2.28. The van der Waals surface area contributed by atoms with Crippen LogP contribution in [0.3, 0.4) is 0 Å². The molecule has 4 heteroatoms. The molecule has 0 saturated carbocycles. The first-order chi connectivity index (χ1) is 9.11. The summed E-state index contributed by atoms with van der Waals surface area (Å²) in [5.74, 6) is 0. The summed E-state index contributed by atoms with van der Waals surface area (Å²) in [5.41, 5.74) is 9.46. The van der Waals surface area contributed by atoms with Gasteiger partial charge in [0.2, 0.25) is 0 Å². The fraction of sp³-hybridized carbons (Fsp3) is 0.400. The van der Waals surface area contributed by atoms with Gasteiger partial charge in [0, 0.05) is 19.5 Å². The highest BCUT2D eigenvalue weighted by molar-refractivity contribution is 6.31. The first kappa shape index (κ1) is 14.1. The van der Waals surface area contributed by atoms with Crippen molar-refractivity contribution in [2.24, 2.45) is 12.8 Å². The molecule has 0 amide bonds. The SMILES string of the molecule is CCc1nn(C)c(CC(N)Cc2ccccc2)c1Cl. The van der Waals surface area contributed by atoms with Crippen molar-refractivity contribution in [1.82, 2.24) is 9.78 Å². The van der Waals surface area contributed by atoms with Gasteiger partial charge >= 0.3 is 0 Å². The van der Waals surface area contributed by atoms with E-state index in [0.29, 0.717) is 0 Å². The molecule has 0 aliphatic carbocycles. The van der Waals surface area contributed by atoms with Crippen LogP contribution in [0.1, 0.15) is 23.9 Å². The molecule has 2 rings (SSSR count). The highest BCUT2D eigenvalue weighted by Gasteiger charge is 2.16. The lowest BCUT2D eigenvalue weighted by Crippen LogP contribution is -2.26. The molecule has 1 heterocycles. The molecular weight excluding hydrogens is 258 g/mol. The quantitative estimate of drug-likeness (QED) is 0.913. The molecule has 0 aliphatic rings. The maximum absolute atomic E-state index is 6.34. The molecule has 0 saturated heterocycles. The van der Waals surface area contributed by atoms with Gasteiger partial charge in [0.05, 0.1) is 16.4 Å². The fourth-order valence-corrected chi connectivity index (χ4v) is 2.65. The summed E-state index contributed by atoms with van der Waals surface area (Å²) < 4.78 is 1.85. The second-order valence-electron chi connectivity index (χ2n) is 4.84. The molecule has 0 radical (unpaired) electrons. The van der Waals surface area contributed by atoms with E-state index in [1.165, 1.54) is 5.56 Å². The number of rotatable bonds is 5. The number of halogens is 1. The van der Waals surface area contributed by atoms with Crippen molar-refractivity contribution in [3.8, 4) is 0 Å². The van der Waals surface area contributed by atoms with Crippen LogP contribution in [0.25, 0.3) is 0 Å². The third kappa shape index (κ3) is 3.37. The smallest absolute Gasteiger partial charge is 0.0850 e. The van der Waals surface area contributed by atoms with E-state index in [9.17, 15) is 0 Å². The highest BCUT2D eigenvalue weighted by atomic mass is 35.5. The maximum Gasteiger partial charge on any atom is 0.0850 e. The van der Waals surface area contributed by atoms with Gasteiger partial charge in [-0.05, 0) is 18.4 Å². The zero-order valence-corrected chi connectivity index (χ0v) is 12.2. The molecule has 2 aromatic rings. The number of benzene rings is 1. The van der Waals surface area contributed by atoms with Crippen LogP contribution in [0.5, 0.6) is 0 Å². The van der Waals surface area contributed by atoms with E-state index < -0.39 is 0 Å². The van der Waals surface area contributed by atoms with E-state index in [2.05, 4.69) is 24.2 Å². The lowest BCUT2D eigenvalue weighted by Gasteiger charge is -2.12. The molecule has 0 bridgehead atoms. The van der Waals surface area contributed by atoms with E-state index in [0.717, 1.165) is 35.7 Å². The minimum absolute atomic E-state index is 0.0556. The molecule has 1 aromatic heterocycles. The van der Waals surface area contributed by atoms with Crippen molar-refractivity contribution in [3.05, 3.63) is 52.3 Å². The minimum atomic E-state index is 0.0556. The summed E-state index contributed by atoms with van der Waals surface area (Å²) in [5, 5.41) is 5.19. The van der Waals surface area contributed by atoms with Crippen molar-refractivity contribution in [1.29, 1.82) is 0 Å². The van der Waals surface area contributed by atoms with Gasteiger partial charge in [-0.1, -0.05) is 48.9 Å². The Morgan fingerprint density at radius 3 is 2.53 bits per heavy atom. The Kier molecular flexibility index (Phi) is 4.61. The van der Waals surface area contributed by atoms with Crippen LogP contribution in [-0.2, 0) is 26.3 Å². The first-order valence-corrected chi connectivity index (χ1v) is 6.99. The minimum Gasteiger partial charge on any atom is -0.327 e. The van der Waals surface area contributed by atoms with Crippen LogP contribution in [0.4, 0.5) is 0 Å². The predicted molar refractivity (Wildman–Crippen MR) is 79.4 cm³/mol. The van der Waals surface area contributed by atoms with E-state index in [1.807, 2.05) is 29.9 Å². The molecule has 2 N–H and O–H groups in total. The number of hydrogen-bond acceptors (Lipinski definition) is 2. The van der Waals surface area contributed by atoms with Gasteiger partial charge in [-0.25, -0.2) is 0 Å². The van der Waals surface area contributed by atoms with Gasteiger partial charge in [-0.2, -0.15) is 5.10 Å². The molecule has 1 atom stereocenters. The molecule has 1 unspecified atom stereocenters. The van der Waals surface area contributed by atoms with Crippen molar-refractivity contribution in [2.75, 3.05) is 0 Å². The van der Waals surface area contributed by atoms with Crippen molar-refractivity contribution in [2.45, 2.75) is 32.2 Å². The third-order valence-corrected chi connectivity index (χ3v) is 3.74. The Hall–Kier alpha value is -1.32. The average Bonchev–Trinajstić information content (AvgIpc) is 2.67. The summed E-state index contributed by atoms with van der Waals surface area (Å²) in [7, 11) is 1.93. The van der Waals surface area contributed by atoms with Gasteiger partial charge in [0.1, 0.15) is 0 Å². The Morgan fingerprint density at radius 1 is 1.26 bits per heavy atom. The molecule has 3 nitrogen and oxygen atoms in total. The molecule has 1 aromatic carbocycles. The first-order valence-electron chi connectivity index (χ1n) is 6.61. The third-order valence-electron chi connectivity index (χ3n) is 3.30. The number of aryl methyl sites for hydroxylation is 2. The van der Waals surface area contributed by atoms with Gasteiger partial charge in [-0.3, -0.25) is 4.68 Å². The van der Waals surface area contributed by atoms with Crippen LogP contribution in [-0.4, -0.2) is 15.8 Å². The molecule has 0 spiro atoms. The summed E-state index contributed by atoms with van der Waals surface area (Å²) in [6.07, 6.45) is 2.45. The molecule has 102 valence electrons. The van der Waals surface area contributed by atoms with Crippen molar-refractivity contribution < 1.29 is 0 Å². The maximum atomic E-state index is 6.34. The van der Waals surface area contributed by atoms with Crippen LogP contribution in [0.2, 0.25) is 5.02 Å². The zero-order valence-electron chi connectivity index (χ0n) is 11.4. The second-order valence-corrected chi connectivity index (χ2v) is 5.22. The lowest BCUT2D eigenvalue weighted by atomic mass is 10.0. The molecular formula is C15H20ClN3. The van der Waals surface area contributed by atoms with Crippen molar-refractivity contribution >= 4 is 11.6 Å². The standard InChI is InChI=1S/C15H20ClN3/c1-3-13-15(16)14(19(2)18-13)10-12(17)9-11-7-5-4-6-8-11/h4-8,12H,3,9-10,17H2,1-2H3. The zero-order chi connectivity index (χ0) is 13.8. The predicted octanol–water partition coefficient (Wildman–Crippen LogP) is 2.75. The molecule has 19 heavy (non-hydrogen) atoms. The Balaban J connectivity index is 2.07. The Labute approximate surface area is 119 Å². The van der Waals surface area contributed by atoms with Crippen LogP contribution in [0, 0.1) is 0 Å². The van der Waals surface area contributed by atoms with Gasteiger partial charge in [-0.15, -0.1) is 0 Å². The number of aromatic nitrogens is 2. The largest absolute Gasteiger partial charge is 0.327 e. The van der Waals surface area contributed by atoms with Gasteiger partial charge < -0.3 is 5.73 Å². The van der Waals surface area contributed by atoms with Crippen LogP contribution in [0.15, 0.2) is 30.3 Å². The normalized spacial score (nSPS) is 12.6. The molecule has 0 aliphatic heterocycles. The Bertz CT molecular complexity index is 534.